The molecule has 46 heavy (non-hydrogen) atoms. The molecule has 0 aliphatic carbocycles. The number of nitrogens with zero attached hydrogens (tertiary/aromatic N) is 5. The molecule has 12 nitrogen and oxygen atoms in total. The summed E-state index contributed by atoms with van der Waals surface area (Å²) in [7, 11) is -2.35. The van der Waals surface area contributed by atoms with Crippen molar-refractivity contribution in [2.75, 3.05) is 57.2 Å². The van der Waals surface area contributed by atoms with Gasteiger partial charge >= 0.3 is 6.16 Å². The average molecular weight is 670 g/mol. The van der Waals surface area contributed by atoms with E-state index in [9.17, 15) is 18.0 Å². The van der Waals surface area contributed by atoms with Crippen molar-refractivity contribution in [1.82, 2.24) is 19.8 Å². The molecule has 2 saturated heterocycles. The van der Waals surface area contributed by atoms with E-state index < -0.39 is 27.7 Å². The predicted octanol–water partition coefficient (Wildman–Crippen LogP) is 3.89. The molecule has 244 valence electrons. The highest BCUT2D eigenvalue weighted by atomic mass is 35.5. The first kappa shape index (κ1) is 32.2. The molecular formula is C32H36ClN5O7S. The Hall–Kier alpha value is -3.75. The number of likely N-dealkylation sites (N-methyl/N-ethyl adjacent to an activating group) is 1. The second-order valence-corrected chi connectivity index (χ2v) is 13.7. The number of piperazine rings is 1. The molecule has 1 aromatic heterocycles. The molecular weight excluding hydrogens is 634 g/mol. The molecule has 2 fully saturated rings. The van der Waals surface area contributed by atoms with Crippen molar-refractivity contribution < 1.29 is 32.3 Å². The third-order valence-electron chi connectivity index (χ3n) is 8.67. The molecule has 2 aromatic carbocycles. The van der Waals surface area contributed by atoms with E-state index in [1.165, 1.54) is 47.7 Å². The Bertz CT molecular complexity index is 1700. The summed E-state index contributed by atoms with van der Waals surface area (Å²) < 4.78 is 40.5. The van der Waals surface area contributed by atoms with E-state index in [1.54, 1.807) is 31.2 Å². The molecule has 1 atom stereocenters. The van der Waals surface area contributed by atoms with Crippen molar-refractivity contribution in [1.29, 1.82) is 0 Å². The zero-order valence-corrected chi connectivity index (χ0v) is 27.2. The lowest BCUT2D eigenvalue weighted by atomic mass is 9.87. The van der Waals surface area contributed by atoms with Gasteiger partial charge in [-0.2, -0.15) is 4.31 Å². The Morgan fingerprint density at radius 3 is 2.39 bits per heavy atom. The van der Waals surface area contributed by atoms with Gasteiger partial charge in [0.05, 0.1) is 22.8 Å². The Labute approximate surface area is 273 Å². The number of anilines is 1. The minimum absolute atomic E-state index is 0.0102. The van der Waals surface area contributed by atoms with Crippen LogP contribution in [0.25, 0.3) is 0 Å². The fraction of sp³-hybridized carbons (Fsp3) is 0.406. The second kappa shape index (κ2) is 13.2. The fourth-order valence-electron chi connectivity index (χ4n) is 6.33. The van der Waals surface area contributed by atoms with E-state index in [4.69, 9.17) is 25.9 Å². The predicted molar refractivity (Wildman–Crippen MR) is 170 cm³/mol. The first-order chi connectivity index (χ1) is 22.1. The highest BCUT2D eigenvalue weighted by molar-refractivity contribution is 7.93. The van der Waals surface area contributed by atoms with Crippen LogP contribution in [-0.2, 0) is 30.0 Å². The van der Waals surface area contributed by atoms with Gasteiger partial charge in [-0.3, -0.25) is 9.69 Å². The quantitative estimate of drug-likeness (QED) is 0.325. The van der Waals surface area contributed by atoms with Crippen molar-refractivity contribution in [2.24, 2.45) is 0 Å². The van der Waals surface area contributed by atoms with Crippen molar-refractivity contribution in [3.8, 4) is 5.88 Å². The van der Waals surface area contributed by atoms with E-state index >= 15 is 0 Å². The summed E-state index contributed by atoms with van der Waals surface area (Å²) in [6, 6.07) is 15.3. The minimum atomic E-state index is -4.47. The Morgan fingerprint density at radius 2 is 1.70 bits per heavy atom. The van der Waals surface area contributed by atoms with Gasteiger partial charge in [-0.1, -0.05) is 29.8 Å². The maximum atomic E-state index is 14.7. The molecule has 0 N–H and O–H groups in total. The third-order valence-corrected chi connectivity index (χ3v) is 10.6. The topological polar surface area (TPSA) is 122 Å². The summed E-state index contributed by atoms with van der Waals surface area (Å²) in [5, 5.41) is 1.71. The van der Waals surface area contributed by atoms with Crippen LogP contribution in [0.4, 0.5) is 10.5 Å². The van der Waals surface area contributed by atoms with Crippen LogP contribution in [0, 0.1) is 0 Å². The maximum absolute atomic E-state index is 14.7. The molecule has 0 bridgehead atoms. The SMILES string of the molecule is CCOc1ncccc1C1(OC(=O)ON2CCC(N3CCN(C)CC3)CC2)C(=O)N(S(=O)(=O)c2ccccc2)c2ccc(Cl)cc21. The van der Waals surface area contributed by atoms with Crippen LogP contribution in [0.3, 0.4) is 0 Å². The van der Waals surface area contributed by atoms with E-state index in [-0.39, 0.29) is 39.2 Å². The van der Waals surface area contributed by atoms with Crippen LogP contribution in [0.2, 0.25) is 5.02 Å². The first-order valence-electron chi connectivity index (χ1n) is 15.3. The van der Waals surface area contributed by atoms with Gasteiger partial charge in [0.15, 0.2) is 0 Å². The number of pyridine rings is 1. The number of fused-ring (bicyclic) bond motifs is 1. The number of amides is 1. The number of sulfonamides is 1. The molecule has 0 spiro atoms. The highest BCUT2D eigenvalue weighted by Crippen LogP contribution is 2.51. The molecule has 4 heterocycles. The van der Waals surface area contributed by atoms with Gasteiger partial charge in [0, 0.05) is 62.1 Å². The molecule has 3 aliphatic heterocycles. The summed E-state index contributed by atoms with van der Waals surface area (Å²) in [5.41, 5.74) is -2.31. The van der Waals surface area contributed by atoms with E-state index in [0.29, 0.717) is 23.4 Å². The minimum Gasteiger partial charge on any atom is -0.478 e. The number of benzene rings is 2. The zero-order chi connectivity index (χ0) is 32.5. The lowest BCUT2D eigenvalue weighted by Crippen LogP contribution is -2.52. The monoisotopic (exact) mass is 669 g/mol. The largest absolute Gasteiger partial charge is 0.529 e. The van der Waals surface area contributed by atoms with E-state index in [1.807, 2.05) is 0 Å². The number of carbonyl (C=O) groups excluding carboxylic acids is 2. The number of ether oxygens (including phenoxy) is 2. The second-order valence-electron chi connectivity index (χ2n) is 11.5. The number of hydrogen-bond donors (Lipinski definition) is 0. The molecule has 14 heteroatoms. The van der Waals surface area contributed by atoms with Crippen molar-refractivity contribution >= 4 is 39.4 Å². The molecule has 3 aromatic rings. The van der Waals surface area contributed by atoms with Gasteiger partial charge in [-0.15, -0.1) is 5.06 Å². The number of aromatic nitrogens is 1. The molecule has 0 radical (unpaired) electrons. The first-order valence-corrected chi connectivity index (χ1v) is 17.1. The van der Waals surface area contributed by atoms with Gasteiger partial charge in [0.1, 0.15) is 0 Å². The Morgan fingerprint density at radius 1 is 0.978 bits per heavy atom. The van der Waals surface area contributed by atoms with E-state index in [2.05, 4.69) is 21.8 Å². The summed E-state index contributed by atoms with van der Waals surface area (Å²) in [6.45, 7) is 6.87. The van der Waals surface area contributed by atoms with Gasteiger partial charge < -0.3 is 19.2 Å². The summed E-state index contributed by atoms with van der Waals surface area (Å²) in [5.74, 6) is -1.07. The van der Waals surface area contributed by atoms with Crippen molar-refractivity contribution in [2.45, 2.75) is 36.3 Å². The van der Waals surface area contributed by atoms with Crippen LogP contribution in [-0.4, -0.2) is 99.3 Å². The zero-order valence-electron chi connectivity index (χ0n) is 25.7. The van der Waals surface area contributed by atoms with Crippen LogP contribution in [0.1, 0.15) is 30.9 Å². The molecule has 1 unspecified atom stereocenters. The number of piperidine rings is 1. The van der Waals surface area contributed by atoms with E-state index in [0.717, 1.165) is 39.0 Å². The molecule has 1 amide bonds. The number of rotatable bonds is 8. The summed E-state index contributed by atoms with van der Waals surface area (Å²) >= 11 is 6.43. The van der Waals surface area contributed by atoms with Gasteiger partial charge in [0.2, 0.25) is 5.88 Å². The number of carbonyl (C=O) groups is 2. The Kier molecular flexibility index (Phi) is 9.22. The lowest BCUT2D eigenvalue weighted by molar-refractivity contribution is -0.165. The molecule has 6 rings (SSSR count). The smallest absolute Gasteiger partial charge is 0.478 e. The number of hydrogen-bond acceptors (Lipinski definition) is 11. The van der Waals surface area contributed by atoms with Gasteiger partial charge in [0.25, 0.3) is 21.5 Å². The fourth-order valence-corrected chi connectivity index (χ4v) is 7.98. The summed E-state index contributed by atoms with van der Waals surface area (Å²) in [4.78, 5) is 43.0. The normalized spacial score (nSPS) is 21.6. The van der Waals surface area contributed by atoms with Crippen molar-refractivity contribution in [3.63, 3.8) is 0 Å². The number of hydroxylamine groups is 2. The standard InChI is InChI=1S/C32H36ClN5O7S/c1-3-43-29-26(10-7-15-34-29)32(44-31(40)45-37-16-13-24(14-17-37)36-20-18-35(2)19-21-36)27-22-23(33)11-12-28(27)38(30(32)39)46(41,42)25-8-5-4-6-9-25/h4-12,15,22,24H,3,13-14,16-21H2,1-2H3. The number of halogens is 1. The third kappa shape index (κ3) is 5.93. The molecule has 3 aliphatic rings. The van der Waals surface area contributed by atoms with Gasteiger partial charge in [-0.05, 0) is 69.3 Å². The Balaban J connectivity index is 1.35. The van der Waals surface area contributed by atoms with Crippen LogP contribution in [0.15, 0.2) is 71.8 Å². The van der Waals surface area contributed by atoms with Crippen LogP contribution < -0.4 is 9.04 Å². The average Bonchev–Trinajstić information content (AvgIpc) is 3.30. The van der Waals surface area contributed by atoms with Crippen molar-refractivity contribution in [3.05, 3.63) is 83.0 Å². The van der Waals surface area contributed by atoms with Crippen LogP contribution in [0.5, 0.6) is 5.88 Å². The highest BCUT2D eigenvalue weighted by Gasteiger charge is 2.61. The molecule has 0 saturated carbocycles. The van der Waals surface area contributed by atoms with Gasteiger partial charge in [-0.25, -0.2) is 18.2 Å². The lowest BCUT2D eigenvalue weighted by Gasteiger charge is -2.41. The van der Waals surface area contributed by atoms with Crippen LogP contribution >= 0.6 is 11.6 Å². The maximum Gasteiger partial charge on any atom is 0.529 e. The summed E-state index contributed by atoms with van der Waals surface area (Å²) in [6.07, 6.45) is 1.86.